The summed E-state index contributed by atoms with van der Waals surface area (Å²) in [6.45, 7) is 4.91. The average molecular weight is 190 g/mol. The van der Waals surface area contributed by atoms with Crippen LogP contribution in [-0.4, -0.2) is 23.2 Å². The Hall–Kier alpha value is 0.310. The molecule has 0 rings (SSSR count). The molecule has 0 bridgehead atoms. The molecule has 0 spiro atoms. The lowest BCUT2D eigenvalue weighted by molar-refractivity contribution is 0.284. The van der Waals surface area contributed by atoms with E-state index in [0.29, 0.717) is 6.61 Å². The normalized spacial score (nSPS) is 13.2. The maximum absolute atomic E-state index is 8.54. The van der Waals surface area contributed by atoms with Gasteiger partial charge in [0.05, 0.1) is 0 Å². The molecular weight excluding hydrogens is 168 g/mol. The van der Waals surface area contributed by atoms with E-state index < -0.39 is 0 Å². The van der Waals surface area contributed by atoms with Crippen LogP contribution in [0.2, 0.25) is 0 Å². The molecule has 1 unspecified atom stereocenters. The van der Waals surface area contributed by atoms with Gasteiger partial charge in [-0.25, -0.2) is 0 Å². The zero-order chi connectivity index (χ0) is 9.23. The first kappa shape index (κ1) is 12.3. The van der Waals surface area contributed by atoms with E-state index in [1.165, 1.54) is 30.8 Å². The minimum atomic E-state index is 0.357. The highest BCUT2D eigenvalue weighted by Gasteiger charge is 1.97. The smallest absolute Gasteiger partial charge is 0.0431 e. The number of aliphatic hydroxyl groups excluding tert-OH is 1. The zero-order valence-corrected chi connectivity index (χ0v) is 9.20. The molecule has 1 atom stereocenters. The summed E-state index contributed by atoms with van der Waals surface area (Å²) < 4.78 is 0. The van der Waals surface area contributed by atoms with Crippen LogP contribution in [0.1, 0.15) is 39.5 Å². The third kappa shape index (κ3) is 8.41. The van der Waals surface area contributed by atoms with E-state index in [1.54, 1.807) is 0 Å². The van der Waals surface area contributed by atoms with Crippen LogP contribution in [-0.2, 0) is 0 Å². The van der Waals surface area contributed by atoms with E-state index in [-0.39, 0.29) is 0 Å². The Morgan fingerprint density at radius 2 is 2.00 bits per heavy atom. The van der Waals surface area contributed by atoms with Crippen molar-refractivity contribution in [3.05, 3.63) is 0 Å². The van der Waals surface area contributed by atoms with Gasteiger partial charge in [0.15, 0.2) is 0 Å². The molecule has 1 nitrogen and oxygen atoms in total. The summed E-state index contributed by atoms with van der Waals surface area (Å²) in [4.78, 5) is 0. The van der Waals surface area contributed by atoms with Gasteiger partial charge < -0.3 is 5.11 Å². The van der Waals surface area contributed by atoms with Gasteiger partial charge in [-0.15, -0.1) is 0 Å². The fourth-order valence-electron chi connectivity index (χ4n) is 0.895. The zero-order valence-electron chi connectivity index (χ0n) is 8.38. The quantitative estimate of drug-likeness (QED) is 0.594. The first-order valence-corrected chi connectivity index (χ1v) is 6.15. The van der Waals surface area contributed by atoms with Gasteiger partial charge in [-0.05, 0) is 30.3 Å². The number of aliphatic hydroxyl groups is 1. The Bertz CT molecular complexity index is 85.9. The third-order valence-corrected chi connectivity index (χ3v) is 3.43. The number of hydrogen-bond acceptors (Lipinski definition) is 2. The second-order valence-electron chi connectivity index (χ2n) is 3.37. The number of hydrogen-bond donors (Lipinski definition) is 1. The summed E-state index contributed by atoms with van der Waals surface area (Å²) in [5, 5.41) is 8.54. The van der Waals surface area contributed by atoms with Crippen molar-refractivity contribution in [2.75, 3.05) is 18.1 Å². The standard InChI is InChI=1S/C10H22OS/c1-3-10(2)9-12-8-6-4-5-7-11/h10-11H,3-9H2,1-2H3. The second-order valence-corrected chi connectivity index (χ2v) is 4.52. The van der Waals surface area contributed by atoms with Gasteiger partial charge in [-0.3, -0.25) is 0 Å². The van der Waals surface area contributed by atoms with E-state index in [1.807, 2.05) is 0 Å². The van der Waals surface area contributed by atoms with Gasteiger partial charge in [0, 0.05) is 6.61 Å². The fourth-order valence-corrected chi connectivity index (χ4v) is 2.11. The van der Waals surface area contributed by atoms with Gasteiger partial charge in [0.1, 0.15) is 0 Å². The predicted molar refractivity (Wildman–Crippen MR) is 57.7 cm³/mol. The second kappa shape index (κ2) is 9.40. The van der Waals surface area contributed by atoms with Crippen molar-refractivity contribution in [3.8, 4) is 0 Å². The van der Waals surface area contributed by atoms with Crippen molar-refractivity contribution in [2.24, 2.45) is 5.92 Å². The highest BCUT2D eigenvalue weighted by atomic mass is 32.2. The molecule has 0 aliphatic heterocycles. The van der Waals surface area contributed by atoms with E-state index in [2.05, 4.69) is 25.6 Å². The van der Waals surface area contributed by atoms with E-state index in [9.17, 15) is 0 Å². The van der Waals surface area contributed by atoms with Gasteiger partial charge >= 0.3 is 0 Å². The van der Waals surface area contributed by atoms with Crippen LogP contribution in [0, 0.1) is 5.92 Å². The number of thioether (sulfide) groups is 1. The van der Waals surface area contributed by atoms with Crippen molar-refractivity contribution in [1.82, 2.24) is 0 Å². The van der Waals surface area contributed by atoms with Crippen LogP contribution in [0.3, 0.4) is 0 Å². The molecule has 0 aromatic carbocycles. The molecule has 0 amide bonds. The lowest BCUT2D eigenvalue weighted by atomic mass is 10.2. The van der Waals surface area contributed by atoms with Crippen molar-refractivity contribution < 1.29 is 5.11 Å². The minimum Gasteiger partial charge on any atom is -0.396 e. The van der Waals surface area contributed by atoms with Gasteiger partial charge in [-0.2, -0.15) is 11.8 Å². The molecule has 0 aromatic rings. The molecule has 12 heavy (non-hydrogen) atoms. The van der Waals surface area contributed by atoms with Gasteiger partial charge in [0.25, 0.3) is 0 Å². The van der Waals surface area contributed by atoms with Crippen molar-refractivity contribution in [3.63, 3.8) is 0 Å². The molecule has 2 heteroatoms. The van der Waals surface area contributed by atoms with Crippen LogP contribution in [0.5, 0.6) is 0 Å². The highest BCUT2D eigenvalue weighted by Crippen LogP contribution is 2.13. The molecule has 0 radical (unpaired) electrons. The van der Waals surface area contributed by atoms with E-state index in [0.717, 1.165) is 12.3 Å². The Balaban J connectivity index is 2.90. The molecule has 0 aromatic heterocycles. The van der Waals surface area contributed by atoms with Crippen LogP contribution in [0.15, 0.2) is 0 Å². The maximum Gasteiger partial charge on any atom is 0.0431 e. The lowest BCUT2D eigenvalue weighted by Gasteiger charge is -2.06. The van der Waals surface area contributed by atoms with E-state index in [4.69, 9.17) is 5.11 Å². The molecule has 0 saturated carbocycles. The Morgan fingerprint density at radius 3 is 2.58 bits per heavy atom. The average Bonchev–Trinajstić information content (AvgIpc) is 2.10. The monoisotopic (exact) mass is 190 g/mol. The van der Waals surface area contributed by atoms with Crippen LogP contribution < -0.4 is 0 Å². The third-order valence-electron chi connectivity index (χ3n) is 2.05. The minimum absolute atomic E-state index is 0.357. The van der Waals surface area contributed by atoms with E-state index >= 15 is 0 Å². The molecule has 0 fully saturated rings. The summed E-state index contributed by atoms with van der Waals surface area (Å²) in [5.74, 6) is 3.44. The summed E-state index contributed by atoms with van der Waals surface area (Å²) in [6.07, 6.45) is 4.72. The highest BCUT2D eigenvalue weighted by molar-refractivity contribution is 7.99. The molecule has 0 heterocycles. The fraction of sp³-hybridized carbons (Fsp3) is 1.00. The summed E-state index contributed by atoms with van der Waals surface area (Å²) in [5.41, 5.74) is 0. The first-order valence-electron chi connectivity index (χ1n) is 4.99. The largest absolute Gasteiger partial charge is 0.396 e. The molecular formula is C10H22OS. The molecule has 0 aliphatic rings. The Kier molecular flexibility index (Phi) is 9.64. The Morgan fingerprint density at radius 1 is 1.25 bits per heavy atom. The molecule has 74 valence electrons. The SMILES string of the molecule is CCC(C)CSCCCCCO. The number of rotatable bonds is 8. The first-order chi connectivity index (χ1) is 5.81. The number of unbranched alkanes of at least 4 members (excludes halogenated alkanes) is 2. The van der Waals surface area contributed by atoms with Crippen molar-refractivity contribution in [1.29, 1.82) is 0 Å². The molecule has 0 aliphatic carbocycles. The van der Waals surface area contributed by atoms with Crippen LogP contribution in [0.4, 0.5) is 0 Å². The Labute approximate surface area is 80.9 Å². The van der Waals surface area contributed by atoms with Crippen LogP contribution in [0.25, 0.3) is 0 Å². The summed E-state index contributed by atoms with van der Waals surface area (Å²) in [7, 11) is 0. The summed E-state index contributed by atoms with van der Waals surface area (Å²) >= 11 is 2.05. The van der Waals surface area contributed by atoms with Crippen molar-refractivity contribution in [2.45, 2.75) is 39.5 Å². The molecule has 0 saturated heterocycles. The van der Waals surface area contributed by atoms with Gasteiger partial charge in [0.2, 0.25) is 0 Å². The van der Waals surface area contributed by atoms with Crippen LogP contribution >= 0.6 is 11.8 Å². The molecule has 1 N–H and O–H groups in total. The summed E-state index contributed by atoms with van der Waals surface area (Å²) in [6, 6.07) is 0. The van der Waals surface area contributed by atoms with Crippen molar-refractivity contribution >= 4 is 11.8 Å². The lowest BCUT2D eigenvalue weighted by Crippen LogP contribution is -1.96. The predicted octanol–water partition coefficient (Wildman–Crippen LogP) is 2.93. The topological polar surface area (TPSA) is 20.2 Å². The maximum atomic E-state index is 8.54. The van der Waals surface area contributed by atoms with Gasteiger partial charge in [-0.1, -0.05) is 26.7 Å².